The van der Waals surface area contributed by atoms with Gasteiger partial charge >= 0.3 is 15.6 Å². The molecule has 0 saturated carbocycles. The molecule has 29 heavy (non-hydrogen) atoms. The van der Waals surface area contributed by atoms with Crippen molar-refractivity contribution in [2.24, 2.45) is 0 Å². The van der Waals surface area contributed by atoms with Crippen LogP contribution in [0.4, 0.5) is 13.2 Å². The first-order valence-electron chi connectivity index (χ1n) is 8.32. The Morgan fingerprint density at radius 1 is 1.03 bits per heavy atom. The molecule has 3 aromatic rings. The number of rotatable bonds is 5. The number of nitrogens with zero attached hydrogens (tertiary/aromatic N) is 1. The van der Waals surface area contributed by atoms with Crippen LogP contribution in [0.2, 0.25) is 0 Å². The molecule has 0 aliphatic carbocycles. The second-order valence-corrected chi connectivity index (χ2v) is 7.80. The molecule has 2 N–H and O–H groups in total. The Morgan fingerprint density at radius 3 is 2.31 bits per heavy atom. The van der Waals surface area contributed by atoms with Gasteiger partial charge in [0.1, 0.15) is 5.75 Å². The van der Waals surface area contributed by atoms with Crippen LogP contribution >= 0.6 is 0 Å². The smallest absolute Gasteiger partial charge is 0.392 e. The van der Waals surface area contributed by atoms with E-state index in [4.69, 9.17) is 0 Å². The average Bonchev–Trinajstić information content (AvgIpc) is 2.65. The summed E-state index contributed by atoms with van der Waals surface area (Å²) >= 11 is 0. The fraction of sp³-hybridized carbons (Fsp3) is 0.211. The standard InChI is InChI=1S/C19H16F3NO5S/c1-11-17-7-15(10-25)14(9-24)5-13(17)8-18(23-11)12-3-2-4-16(6-12)28-29(26,27)19(20,21)22/h2-8,24-25H,9-10H2,1H3. The predicted molar refractivity (Wildman–Crippen MR) is 99.4 cm³/mol. The summed E-state index contributed by atoms with van der Waals surface area (Å²) in [6.07, 6.45) is 0. The van der Waals surface area contributed by atoms with Crippen LogP contribution in [-0.4, -0.2) is 29.1 Å². The number of benzene rings is 2. The first-order chi connectivity index (χ1) is 13.6. The highest BCUT2D eigenvalue weighted by Gasteiger charge is 2.48. The summed E-state index contributed by atoms with van der Waals surface area (Å²) in [4.78, 5) is 4.42. The van der Waals surface area contributed by atoms with E-state index in [1.54, 1.807) is 31.2 Å². The minimum atomic E-state index is -5.78. The van der Waals surface area contributed by atoms with E-state index in [2.05, 4.69) is 9.17 Å². The maximum Gasteiger partial charge on any atom is 0.534 e. The third-order valence-corrected chi connectivity index (χ3v) is 5.28. The van der Waals surface area contributed by atoms with E-state index in [1.165, 1.54) is 6.07 Å². The fourth-order valence-electron chi connectivity index (χ4n) is 2.89. The van der Waals surface area contributed by atoms with Crippen LogP contribution in [0.15, 0.2) is 42.5 Å². The lowest BCUT2D eigenvalue weighted by Crippen LogP contribution is -2.28. The molecule has 154 valence electrons. The Kier molecular flexibility index (Phi) is 5.52. The van der Waals surface area contributed by atoms with Gasteiger partial charge in [0, 0.05) is 16.6 Å². The normalized spacial score (nSPS) is 12.3. The molecule has 0 aliphatic heterocycles. The lowest BCUT2D eigenvalue weighted by molar-refractivity contribution is -0.0500. The minimum Gasteiger partial charge on any atom is -0.392 e. The van der Waals surface area contributed by atoms with E-state index in [0.29, 0.717) is 33.5 Å². The van der Waals surface area contributed by atoms with Crippen LogP contribution in [0.25, 0.3) is 22.0 Å². The van der Waals surface area contributed by atoms with Crippen molar-refractivity contribution in [3.8, 4) is 17.0 Å². The third kappa shape index (κ3) is 4.19. The molecule has 0 bridgehead atoms. The number of hydrogen-bond acceptors (Lipinski definition) is 6. The fourth-order valence-corrected chi connectivity index (χ4v) is 3.34. The number of aliphatic hydroxyl groups excluding tert-OH is 2. The second kappa shape index (κ2) is 7.62. The summed E-state index contributed by atoms with van der Waals surface area (Å²) in [5.74, 6) is -0.494. The molecular formula is C19H16F3NO5S. The molecule has 6 nitrogen and oxygen atoms in total. The molecule has 2 aromatic carbocycles. The zero-order chi connectivity index (χ0) is 21.4. The summed E-state index contributed by atoms with van der Waals surface area (Å²) in [5, 5.41) is 20.4. The van der Waals surface area contributed by atoms with Crippen molar-refractivity contribution in [2.75, 3.05) is 0 Å². The number of alkyl halides is 3. The first-order valence-corrected chi connectivity index (χ1v) is 9.72. The van der Waals surface area contributed by atoms with Gasteiger partial charge in [0.15, 0.2) is 0 Å². The van der Waals surface area contributed by atoms with Crippen LogP contribution in [0.3, 0.4) is 0 Å². The second-order valence-electron chi connectivity index (χ2n) is 6.26. The summed E-state index contributed by atoms with van der Waals surface area (Å²) in [5.41, 5.74) is -3.13. The van der Waals surface area contributed by atoms with Gasteiger partial charge in [-0.2, -0.15) is 21.6 Å². The van der Waals surface area contributed by atoms with E-state index in [-0.39, 0.29) is 13.2 Å². The lowest BCUT2D eigenvalue weighted by Gasteiger charge is -2.12. The molecule has 1 heterocycles. The van der Waals surface area contributed by atoms with Crippen molar-refractivity contribution in [3.05, 3.63) is 59.3 Å². The van der Waals surface area contributed by atoms with Gasteiger partial charge in [-0.05, 0) is 53.8 Å². The molecule has 0 fully saturated rings. The minimum absolute atomic E-state index is 0.250. The Balaban J connectivity index is 2.07. The lowest BCUT2D eigenvalue weighted by atomic mass is 9.99. The zero-order valence-electron chi connectivity index (χ0n) is 15.1. The first kappa shape index (κ1) is 21.0. The van der Waals surface area contributed by atoms with Gasteiger partial charge in [-0.25, -0.2) is 0 Å². The molecule has 0 radical (unpaired) electrons. The van der Waals surface area contributed by atoms with Crippen molar-refractivity contribution in [1.82, 2.24) is 4.98 Å². The Bertz CT molecular complexity index is 1180. The van der Waals surface area contributed by atoms with E-state index < -0.39 is 21.4 Å². The summed E-state index contributed by atoms with van der Waals surface area (Å²) in [6, 6.07) is 10.2. The monoisotopic (exact) mass is 427 g/mol. The largest absolute Gasteiger partial charge is 0.534 e. The summed E-state index contributed by atoms with van der Waals surface area (Å²) in [7, 11) is -5.78. The maximum atomic E-state index is 12.5. The molecule has 0 amide bonds. The van der Waals surface area contributed by atoms with Gasteiger partial charge in [0.05, 0.1) is 18.9 Å². The molecular weight excluding hydrogens is 411 g/mol. The number of fused-ring (bicyclic) bond motifs is 1. The van der Waals surface area contributed by atoms with Crippen LogP contribution in [0.5, 0.6) is 5.75 Å². The third-order valence-electron chi connectivity index (χ3n) is 4.30. The van der Waals surface area contributed by atoms with Gasteiger partial charge in [-0.1, -0.05) is 12.1 Å². The van der Waals surface area contributed by atoms with Crippen LogP contribution in [-0.2, 0) is 23.3 Å². The van der Waals surface area contributed by atoms with Crippen molar-refractivity contribution < 1.29 is 36.0 Å². The Morgan fingerprint density at radius 2 is 1.69 bits per heavy atom. The number of hydrogen-bond donors (Lipinski definition) is 2. The Hall–Kier alpha value is -2.69. The molecule has 0 aliphatic rings. The van der Waals surface area contributed by atoms with E-state index >= 15 is 0 Å². The zero-order valence-corrected chi connectivity index (χ0v) is 15.9. The molecule has 1 aromatic heterocycles. The average molecular weight is 427 g/mol. The van der Waals surface area contributed by atoms with E-state index in [9.17, 15) is 31.8 Å². The van der Waals surface area contributed by atoms with Gasteiger partial charge in [-0.15, -0.1) is 0 Å². The number of halogens is 3. The number of aliphatic hydroxyl groups is 2. The molecule has 0 unspecified atom stereocenters. The Labute approximate surface area is 164 Å². The molecule has 0 atom stereocenters. The summed E-state index contributed by atoms with van der Waals surface area (Å²) < 4.78 is 64.2. The molecule has 0 saturated heterocycles. The predicted octanol–water partition coefficient (Wildman–Crippen LogP) is 3.42. The molecule has 10 heteroatoms. The highest BCUT2D eigenvalue weighted by molar-refractivity contribution is 7.88. The van der Waals surface area contributed by atoms with Crippen LogP contribution in [0, 0.1) is 6.92 Å². The molecule has 0 spiro atoms. The highest BCUT2D eigenvalue weighted by atomic mass is 32.2. The van der Waals surface area contributed by atoms with Crippen molar-refractivity contribution in [1.29, 1.82) is 0 Å². The highest BCUT2D eigenvalue weighted by Crippen LogP contribution is 2.31. The SMILES string of the molecule is Cc1nc(-c2cccc(OS(=O)(=O)C(F)(F)F)c2)cc2cc(CO)c(CO)cc12. The van der Waals surface area contributed by atoms with Gasteiger partial charge < -0.3 is 14.4 Å². The van der Waals surface area contributed by atoms with Crippen LogP contribution < -0.4 is 4.18 Å². The van der Waals surface area contributed by atoms with Gasteiger partial charge in [0.25, 0.3) is 0 Å². The maximum absolute atomic E-state index is 12.5. The number of pyridine rings is 1. The van der Waals surface area contributed by atoms with Crippen molar-refractivity contribution >= 4 is 20.9 Å². The quantitative estimate of drug-likeness (QED) is 0.479. The van der Waals surface area contributed by atoms with Gasteiger partial charge in [0.2, 0.25) is 0 Å². The topological polar surface area (TPSA) is 96.7 Å². The van der Waals surface area contributed by atoms with E-state index in [1.807, 2.05) is 0 Å². The summed E-state index contributed by atoms with van der Waals surface area (Å²) in [6.45, 7) is 1.20. The van der Waals surface area contributed by atoms with Gasteiger partial charge in [-0.3, -0.25) is 4.98 Å². The number of aryl methyl sites for hydroxylation is 1. The van der Waals surface area contributed by atoms with Crippen molar-refractivity contribution in [2.45, 2.75) is 25.6 Å². The van der Waals surface area contributed by atoms with Crippen molar-refractivity contribution in [3.63, 3.8) is 0 Å². The number of aromatic nitrogens is 1. The van der Waals surface area contributed by atoms with E-state index in [0.717, 1.165) is 17.5 Å². The molecule has 3 rings (SSSR count). The van der Waals surface area contributed by atoms with Crippen LogP contribution in [0.1, 0.15) is 16.8 Å².